The highest BCUT2D eigenvalue weighted by Crippen LogP contribution is 2.37. The molecule has 0 amide bonds. The third-order valence-corrected chi connectivity index (χ3v) is 3.52. The second-order valence-corrected chi connectivity index (χ2v) is 5.26. The first-order valence-electron chi connectivity index (χ1n) is 6.32. The molecule has 1 atom stereocenters. The van der Waals surface area contributed by atoms with Crippen molar-refractivity contribution in [3.8, 4) is 11.4 Å². The van der Waals surface area contributed by atoms with Gasteiger partial charge in [0.15, 0.2) is 5.65 Å². The van der Waals surface area contributed by atoms with E-state index in [4.69, 9.17) is 11.6 Å². The Kier molecular flexibility index (Phi) is 3.49. The van der Waals surface area contributed by atoms with Crippen molar-refractivity contribution in [2.75, 3.05) is 0 Å². The maximum atomic E-state index is 13.0. The Balaban J connectivity index is 2.18. The number of rotatable bonds is 2. The Labute approximate surface area is 132 Å². The van der Waals surface area contributed by atoms with Gasteiger partial charge in [0.2, 0.25) is 10.9 Å². The number of alkyl halides is 3. The molecule has 0 spiro atoms. The van der Waals surface area contributed by atoms with E-state index in [9.17, 15) is 18.3 Å². The first-order valence-corrected chi connectivity index (χ1v) is 6.69. The van der Waals surface area contributed by atoms with Crippen molar-refractivity contribution in [1.82, 2.24) is 24.3 Å². The third kappa shape index (κ3) is 2.62. The van der Waals surface area contributed by atoms with Crippen LogP contribution >= 0.6 is 11.6 Å². The minimum atomic E-state index is -4.87. The molecule has 0 saturated carbocycles. The van der Waals surface area contributed by atoms with Crippen LogP contribution in [-0.2, 0) is 5.60 Å². The van der Waals surface area contributed by atoms with Crippen molar-refractivity contribution in [3.63, 3.8) is 0 Å². The predicted molar refractivity (Wildman–Crippen MR) is 74.6 cm³/mol. The molecular formula is C13H9ClF3N5O. The van der Waals surface area contributed by atoms with Crippen molar-refractivity contribution >= 4 is 17.2 Å². The third-order valence-electron chi connectivity index (χ3n) is 3.34. The van der Waals surface area contributed by atoms with Crippen LogP contribution in [0.5, 0.6) is 0 Å². The standard InChI is InChI=1S/C13H9ClF3N5O/c1-12(23,13(15,16)17)9-6-22-8(4-20-10(22)5-19-9)7-2-3-18-11(14)21-7/h2-6,23H,1H3. The Morgan fingerprint density at radius 3 is 2.57 bits per heavy atom. The molecule has 0 aliphatic heterocycles. The van der Waals surface area contributed by atoms with Gasteiger partial charge in [-0.05, 0) is 24.6 Å². The average molecular weight is 344 g/mol. The van der Waals surface area contributed by atoms with Gasteiger partial charge < -0.3 is 5.11 Å². The van der Waals surface area contributed by atoms with E-state index in [1.165, 1.54) is 22.9 Å². The monoisotopic (exact) mass is 343 g/mol. The molecule has 120 valence electrons. The summed E-state index contributed by atoms with van der Waals surface area (Å²) in [4.78, 5) is 15.4. The summed E-state index contributed by atoms with van der Waals surface area (Å²) in [7, 11) is 0. The van der Waals surface area contributed by atoms with Crippen LogP contribution in [-0.4, -0.2) is 35.6 Å². The number of hydrogen-bond donors (Lipinski definition) is 1. The number of hydrogen-bond acceptors (Lipinski definition) is 5. The molecule has 3 rings (SSSR count). The lowest BCUT2D eigenvalue weighted by molar-refractivity contribution is -0.260. The van der Waals surface area contributed by atoms with Crippen LogP contribution in [0.15, 0.2) is 30.9 Å². The van der Waals surface area contributed by atoms with Crippen LogP contribution in [0.25, 0.3) is 17.0 Å². The van der Waals surface area contributed by atoms with Gasteiger partial charge in [0, 0.05) is 12.4 Å². The molecule has 23 heavy (non-hydrogen) atoms. The lowest BCUT2D eigenvalue weighted by Crippen LogP contribution is -2.40. The number of halogens is 4. The van der Waals surface area contributed by atoms with Crippen LogP contribution in [0.3, 0.4) is 0 Å². The molecule has 3 aromatic rings. The Hall–Kier alpha value is -2.26. The molecule has 0 aliphatic rings. The Morgan fingerprint density at radius 1 is 1.17 bits per heavy atom. The molecule has 0 bridgehead atoms. The molecular weight excluding hydrogens is 335 g/mol. The van der Waals surface area contributed by atoms with Crippen molar-refractivity contribution < 1.29 is 18.3 Å². The van der Waals surface area contributed by atoms with E-state index in [2.05, 4.69) is 19.9 Å². The van der Waals surface area contributed by atoms with Crippen molar-refractivity contribution in [2.24, 2.45) is 0 Å². The van der Waals surface area contributed by atoms with Crippen molar-refractivity contribution in [2.45, 2.75) is 18.7 Å². The van der Waals surface area contributed by atoms with Gasteiger partial charge in [0.05, 0.1) is 29.5 Å². The topological polar surface area (TPSA) is 76.2 Å². The van der Waals surface area contributed by atoms with E-state index >= 15 is 0 Å². The molecule has 1 unspecified atom stereocenters. The predicted octanol–water partition coefficient (Wildman–Crippen LogP) is 2.61. The minimum absolute atomic E-state index is 0.00554. The number of nitrogens with zero attached hydrogens (tertiary/aromatic N) is 5. The first-order chi connectivity index (χ1) is 10.7. The summed E-state index contributed by atoms with van der Waals surface area (Å²) in [6.07, 6.45) is 0.176. The van der Waals surface area contributed by atoms with E-state index in [0.29, 0.717) is 24.0 Å². The zero-order valence-electron chi connectivity index (χ0n) is 11.6. The summed E-state index contributed by atoms with van der Waals surface area (Å²) in [6, 6.07) is 1.54. The first kappa shape index (κ1) is 15.6. The van der Waals surface area contributed by atoms with E-state index < -0.39 is 17.5 Å². The fourth-order valence-corrected chi connectivity index (χ4v) is 2.10. The molecule has 3 heterocycles. The summed E-state index contributed by atoms with van der Waals surface area (Å²) < 4.78 is 40.3. The maximum Gasteiger partial charge on any atom is 0.422 e. The molecule has 10 heteroatoms. The smallest absolute Gasteiger partial charge is 0.375 e. The molecule has 6 nitrogen and oxygen atoms in total. The molecule has 0 fully saturated rings. The summed E-state index contributed by atoms with van der Waals surface area (Å²) in [5.41, 5.74) is -2.58. The molecule has 1 N–H and O–H groups in total. The highest BCUT2D eigenvalue weighted by atomic mass is 35.5. The number of aromatic nitrogens is 5. The van der Waals surface area contributed by atoms with Gasteiger partial charge >= 0.3 is 6.18 Å². The van der Waals surface area contributed by atoms with Crippen molar-refractivity contribution in [1.29, 1.82) is 0 Å². The highest BCUT2D eigenvalue weighted by molar-refractivity contribution is 6.28. The fourth-order valence-electron chi connectivity index (χ4n) is 1.95. The highest BCUT2D eigenvalue weighted by Gasteiger charge is 2.52. The quantitative estimate of drug-likeness (QED) is 0.724. The van der Waals surface area contributed by atoms with Crippen LogP contribution in [0.4, 0.5) is 13.2 Å². The van der Waals surface area contributed by atoms with E-state index in [-0.39, 0.29) is 5.28 Å². The van der Waals surface area contributed by atoms with Gasteiger partial charge in [0.1, 0.15) is 0 Å². The summed E-state index contributed by atoms with van der Waals surface area (Å²) in [6.45, 7) is 0.638. The van der Waals surface area contributed by atoms with Crippen LogP contribution in [0.2, 0.25) is 5.28 Å². The van der Waals surface area contributed by atoms with Crippen LogP contribution in [0.1, 0.15) is 12.6 Å². The molecule has 0 aromatic carbocycles. The van der Waals surface area contributed by atoms with Gasteiger partial charge in [0.25, 0.3) is 0 Å². The maximum absolute atomic E-state index is 13.0. The number of imidazole rings is 1. The van der Waals surface area contributed by atoms with Crippen molar-refractivity contribution in [3.05, 3.63) is 41.8 Å². The number of fused-ring (bicyclic) bond motifs is 1. The normalized spacial score (nSPS) is 14.9. The second-order valence-electron chi connectivity index (χ2n) is 4.93. The van der Waals surface area contributed by atoms with Crippen LogP contribution in [0, 0.1) is 0 Å². The molecule has 0 aliphatic carbocycles. The summed E-state index contributed by atoms with van der Waals surface area (Å²) in [5, 5.41) is 9.75. The van der Waals surface area contributed by atoms with Gasteiger partial charge in [-0.25, -0.2) is 15.0 Å². The van der Waals surface area contributed by atoms with E-state index in [1.807, 2.05) is 0 Å². The summed E-state index contributed by atoms with van der Waals surface area (Å²) >= 11 is 5.72. The van der Waals surface area contributed by atoms with Gasteiger partial charge in [-0.2, -0.15) is 13.2 Å². The lowest BCUT2D eigenvalue weighted by atomic mass is 10.0. The Morgan fingerprint density at radius 2 is 1.91 bits per heavy atom. The molecule has 3 aromatic heterocycles. The summed E-state index contributed by atoms with van der Waals surface area (Å²) in [5.74, 6) is 0. The van der Waals surface area contributed by atoms with E-state index in [0.717, 1.165) is 12.4 Å². The van der Waals surface area contributed by atoms with Crippen LogP contribution < -0.4 is 0 Å². The number of aliphatic hydroxyl groups is 1. The fraction of sp³-hybridized carbons (Fsp3) is 0.231. The van der Waals surface area contributed by atoms with E-state index in [1.54, 1.807) is 0 Å². The lowest BCUT2D eigenvalue weighted by Gasteiger charge is -2.25. The SMILES string of the molecule is CC(O)(c1cn2c(-c3ccnc(Cl)n3)cnc2cn1)C(F)(F)F. The molecule has 0 radical (unpaired) electrons. The van der Waals surface area contributed by atoms with Gasteiger partial charge in [-0.1, -0.05) is 0 Å². The second kappa shape index (κ2) is 5.14. The minimum Gasteiger partial charge on any atom is -0.375 e. The zero-order chi connectivity index (χ0) is 16.8. The molecule has 0 saturated heterocycles. The van der Waals surface area contributed by atoms with Gasteiger partial charge in [-0.15, -0.1) is 0 Å². The average Bonchev–Trinajstić information content (AvgIpc) is 2.89. The van der Waals surface area contributed by atoms with Gasteiger partial charge in [-0.3, -0.25) is 9.38 Å². The largest absolute Gasteiger partial charge is 0.422 e. The zero-order valence-corrected chi connectivity index (χ0v) is 12.3. The Bertz CT molecular complexity index is 877.